The van der Waals surface area contributed by atoms with Gasteiger partial charge in [-0.05, 0) is 29.8 Å². The summed E-state index contributed by atoms with van der Waals surface area (Å²) in [6, 6.07) is 12.6. The Balaban J connectivity index is 1.85. The Kier molecular flexibility index (Phi) is 4.88. The van der Waals surface area contributed by atoms with Crippen molar-refractivity contribution in [3.05, 3.63) is 66.0 Å². The number of rotatable bonds is 4. The fourth-order valence-electron chi connectivity index (χ4n) is 2.55. The molecular weight excluding hydrogens is 368 g/mol. The number of amides is 1. The van der Waals surface area contributed by atoms with Crippen LogP contribution in [0.1, 0.15) is 12.0 Å². The van der Waals surface area contributed by atoms with Gasteiger partial charge in [-0.1, -0.05) is 30.3 Å². The van der Waals surface area contributed by atoms with Crippen molar-refractivity contribution in [1.29, 1.82) is 0 Å². The van der Waals surface area contributed by atoms with E-state index in [1.807, 2.05) is 0 Å². The maximum atomic E-state index is 13.5. The molecule has 9 heteroatoms. The Labute approximate surface area is 151 Å². The zero-order valence-corrected chi connectivity index (χ0v) is 13.8. The summed E-state index contributed by atoms with van der Waals surface area (Å²) in [5.74, 6) is -1.47. The first kappa shape index (κ1) is 18.8. The highest BCUT2D eigenvalue weighted by molar-refractivity contribution is 6.03. The second kappa shape index (κ2) is 6.99. The molecule has 0 spiro atoms. The lowest BCUT2D eigenvalue weighted by atomic mass is 10.0. The Hall–Kier alpha value is -2.94. The van der Waals surface area contributed by atoms with Gasteiger partial charge in [-0.15, -0.1) is 0 Å². The molecule has 3 rings (SSSR count). The monoisotopic (exact) mass is 382 g/mol. The van der Waals surface area contributed by atoms with Crippen LogP contribution < -0.4 is 4.74 Å². The molecule has 0 saturated heterocycles. The van der Waals surface area contributed by atoms with E-state index in [-0.39, 0.29) is 22.0 Å². The van der Waals surface area contributed by atoms with Gasteiger partial charge in [-0.3, -0.25) is 4.79 Å². The van der Waals surface area contributed by atoms with Crippen LogP contribution in [0.5, 0.6) is 5.75 Å². The van der Waals surface area contributed by atoms with Gasteiger partial charge in [0.25, 0.3) is 11.6 Å². The van der Waals surface area contributed by atoms with Crippen molar-refractivity contribution in [2.75, 3.05) is 6.61 Å². The smallest absolute Gasteiger partial charge is 0.438 e. The minimum Gasteiger partial charge on any atom is -0.484 e. The number of para-hydroxylation sites is 1. The SMILES string of the molecule is O=C(COc1ccccc1)N1N=C(c2ccc(F)cc2)C[C@@]1(O)C(F)(F)F. The highest BCUT2D eigenvalue weighted by Crippen LogP contribution is 2.41. The molecule has 1 aliphatic rings. The molecule has 2 aromatic carbocycles. The van der Waals surface area contributed by atoms with E-state index < -0.39 is 36.7 Å². The molecule has 2 aromatic rings. The van der Waals surface area contributed by atoms with Gasteiger partial charge in [0, 0.05) is 0 Å². The Morgan fingerprint density at radius 2 is 1.78 bits per heavy atom. The van der Waals surface area contributed by atoms with Gasteiger partial charge >= 0.3 is 6.18 Å². The van der Waals surface area contributed by atoms with E-state index >= 15 is 0 Å². The van der Waals surface area contributed by atoms with Crippen LogP contribution in [0.2, 0.25) is 0 Å². The summed E-state index contributed by atoms with van der Waals surface area (Å²) in [6.45, 7) is -0.747. The van der Waals surface area contributed by atoms with Crippen LogP contribution in [0, 0.1) is 5.82 Å². The number of halogens is 4. The fourth-order valence-corrected chi connectivity index (χ4v) is 2.55. The van der Waals surface area contributed by atoms with Crippen LogP contribution in [-0.4, -0.2) is 40.2 Å². The Morgan fingerprint density at radius 3 is 2.37 bits per heavy atom. The number of carbonyl (C=O) groups is 1. The number of nitrogens with zero attached hydrogens (tertiary/aromatic N) is 2. The lowest BCUT2D eigenvalue weighted by molar-refractivity contribution is -0.302. The predicted molar refractivity (Wildman–Crippen MR) is 87.3 cm³/mol. The van der Waals surface area contributed by atoms with Gasteiger partial charge in [0.1, 0.15) is 11.6 Å². The first-order valence-corrected chi connectivity index (χ1v) is 7.84. The molecule has 0 saturated carbocycles. The Morgan fingerprint density at radius 1 is 1.15 bits per heavy atom. The maximum absolute atomic E-state index is 13.5. The lowest BCUT2D eigenvalue weighted by Crippen LogP contribution is -2.57. The number of ether oxygens (including phenoxy) is 1. The van der Waals surface area contributed by atoms with Crippen molar-refractivity contribution in [2.45, 2.75) is 18.3 Å². The van der Waals surface area contributed by atoms with Gasteiger partial charge in [-0.2, -0.15) is 23.3 Å². The number of hydrazone groups is 1. The van der Waals surface area contributed by atoms with E-state index in [0.29, 0.717) is 0 Å². The molecule has 142 valence electrons. The molecule has 0 radical (unpaired) electrons. The van der Waals surface area contributed by atoms with E-state index in [1.165, 1.54) is 24.3 Å². The standard InChI is InChI=1S/C18H14F4N2O3/c19-13-8-6-12(7-9-13)15-10-17(26,18(20,21)22)24(23-15)16(25)11-27-14-4-2-1-3-5-14/h1-9,26H,10-11H2/t17-/m1/s1. The van der Waals surface area contributed by atoms with Gasteiger partial charge in [0.05, 0.1) is 12.1 Å². The van der Waals surface area contributed by atoms with E-state index in [0.717, 1.165) is 12.1 Å². The molecule has 0 aromatic heterocycles. The first-order valence-electron chi connectivity index (χ1n) is 7.84. The zero-order chi connectivity index (χ0) is 19.7. The molecule has 0 fully saturated rings. The van der Waals surface area contributed by atoms with E-state index in [4.69, 9.17) is 4.74 Å². The summed E-state index contributed by atoms with van der Waals surface area (Å²) in [4.78, 5) is 12.3. The van der Waals surface area contributed by atoms with Crippen LogP contribution in [0.15, 0.2) is 59.7 Å². The summed E-state index contributed by atoms with van der Waals surface area (Å²) >= 11 is 0. The molecule has 5 nitrogen and oxygen atoms in total. The quantitative estimate of drug-likeness (QED) is 0.827. The summed E-state index contributed by atoms with van der Waals surface area (Å²) in [5.41, 5.74) is -3.53. The largest absolute Gasteiger partial charge is 0.484 e. The summed E-state index contributed by atoms with van der Waals surface area (Å²) in [7, 11) is 0. The number of hydrogen-bond donors (Lipinski definition) is 1. The molecule has 1 aliphatic heterocycles. The number of hydrogen-bond acceptors (Lipinski definition) is 4. The fraction of sp³-hybridized carbons (Fsp3) is 0.222. The second-order valence-electron chi connectivity index (χ2n) is 5.85. The molecule has 1 atom stereocenters. The van der Waals surface area contributed by atoms with Crippen molar-refractivity contribution in [1.82, 2.24) is 5.01 Å². The molecule has 0 bridgehead atoms. The van der Waals surface area contributed by atoms with Gasteiger partial charge in [0.15, 0.2) is 6.61 Å². The molecule has 27 heavy (non-hydrogen) atoms. The second-order valence-corrected chi connectivity index (χ2v) is 5.85. The third-order valence-electron chi connectivity index (χ3n) is 3.96. The van der Waals surface area contributed by atoms with Crippen molar-refractivity contribution >= 4 is 11.6 Å². The predicted octanol–water partition coefficient (Wildman–Crippen LogP) is 3.09. The topological polar surface area (TPSA) is 62.1 Å². The van der Waals surface area contributed by atoms with Crippen LogP contribution in [0.3, 0.4) is 0 Å². The number of carbonyl (C=O) groups excluding carboxylic acids is 1. The summed E-state index contributed by atoms with van der Waals surface area (Å²) in [6.07, 6.45) is -6.13. The van der Waals surface area contributed by atoms with Crippen molar-refractivity contribution < 1.29 is 32.2 Å². The van der Waals surface area contributed by atoms with E-state index in [1.54, 1.807) is 18.2 Å². The maximum Gasteiger partial charge on any atom is 0.438 e. The third kappa shape index (κ3) is 3.77. The highest BCUT2D eigenvalue weighted by atomic mass is 19.4. The zero-order valence-electron chi connectivity index (χ0n) is 13.8. The van der Waals surface area contributed by atoms with Crippen LogP contribution in [0.4, 0.5) is 17.6 Å². The summed E-state index contributed by atoms with van der Waals surface area (Å²) in [5, 5.41) is 13.8. The molecule has 0 aliphatic carbocycles. The van der Waals surface area contributed by atoms with Crippen LogP contribution >= 0.6 is 0 Å². The van der Waals surface area contributed by atoms with Gasteiger partial charge < -0.3 is 9.84 Å². The Bertz CT molecular complexity index is 853. The molecular formula is C18H14F4N2O3. The van der Waals surface area contributed by atoms with E-state index in [9.17, 15) is 27.5 Å². The number of alkyl halides is 3. The molecule has 1 N–H and O–H groups in total. The molecule has 1 amide bonds. The minimum atomic E-state index is -5.15. The van der Waals surface area contributed by atoms with E-state index in [2.05, 4.69) is 5.10 Å². The number of benzene rings is 2. The highest BCUT2D eigenvalue weighted by Gasteiger charge is 2.63. The van der Waals surface area contributed by atoms with Crippen LogP contribution in [0.25, 0.3) is 0 Å². The summed E-state index contributed by atoms with van der Waals surface area (Å²) < 4.78 is 58.5. The minimum absolute atomic E-state index is 0.0192. The lowest BCUT2D eigenvalue weighted by Gasteiger charge is -2.32. The molecule has 0 unspecified atom stereocenters. The van der Waals surface area contributed by atoms with Gasteiger partial charge in [-0.25, -0.2) is 4.39 Å². The average Bonchev–Trinajstić information content (AvgIpc) is 3.00. The normalized spacial score (nSPS) is 19.7. The molecule has 1 heterocycles. The van der Waals surface area contributed by atoms with Crippen molar-refractivity contribution in [2.24, 2.45) is 5.10 Å². The van der Waals surface area contributed by atoms with Crippen LogP contribution in [-0.2, 0) is 4.79 Å². The van der Waals surface area contributed by atoms with Crippen molar-refractivity contribution in [3.63, 3.8) is 0 Å². The number of aliphatic hydroxyl groups is 1. The first-order chi connectivity index (χ1) is 12.7. The average molecular weight is 382 g/mol. The van der Waals surface area contributed by atoms with Gasteiger partial charge in [0.2, 0.25) is 0 Å². The third-order valence-corrected chi connectivity index (χ3v) is 3.96. The van der Waals surface area contributed by atoms with Crippen molar-refractivity contribution in [3.8, 4) is 5.75 Å².